The molecule has 0 unspecified atom stereocenters. The van der Waals surface area contributed by atoms with Crippen LogP contribution in [-0.4, -0.2) is 19.1 Å². The lowest BCUT2D eigenvalue weighted by Gasteiger charge is -2.02. The van der Waals surface area contributed by atoms with Crippen LogP contribution in [0, 0.1) is 0 Å². The molecule has 0 spiro atoms. The van der Waals surface area contributed by atoms with E-state index in [4.69, 9.17) is 7.85 Å². The molecule has 0 aromatic heterocycles. The van der Waals surface area contributed by atoms with Crippen molar-refractivity contribution in [3.05, 3.63) is 35.9 Å². The number of rotatable bonds is 3. The Balaban J connectivity index is 2.43. The van der Waals surface area contributed by atoms with Crippen molar-refractivity contribution in [3.63, 3.8) is 0 Å². The number of aliphatic hydroxyl groups is 2. The van der Waals surface area contributed by atoms with Crippen LogP contribution >= 0.6 is 0 Å². The second-order valence-electron chi connectivity index (χ2n) is 2.05. The number of benzene rings is 1. The largest absolute Gasteiger partial charge is 0.514 e. The lowest BCUT2D eigenvalue weighted by Crippen LogP contribution is -1.99. The van der Waals surface area contributed by atoms with E-state index in [0.717, 1.165) is 6.61 Å². The van der Waals surface area contributed by atoms with Crippen LogP contribution in [0.1, 0.15) is 5.56 Å². The molecule has 1 rings (SSSR count). The first-order valence-corrected chi connectivity index (χ1v) is 3.30. The molecule has 0 saturated carbocycles. The fourth-order valence-electron chi connectivity index (χ4n) is 0.777. The molecule has 0 amide bonds. The molecule has 0 aliphatic heterocycles. The first-order chi connectivity index (χ1) is 4.93. The molecule has 1 N–H and O–H groups in total. The van der Waals surface area contributed by atoms with Crippen LogP contribution in [0.4, 0.5) is 0 Å². The van der Waals surface area contributed by atoms with Crippen molar-refractivity contribution in [1.82, 2.24) is 0 Å². The van der Waals surface area contributed by atoms with Gasteiger partial charge in [-0.05, 0) is 0 Å². The van der Waals surface area contributed by atoms with Gasteiger partial charge in [0.25, 0.3) is 0 Å². The minimum absolute atomic E-state index is 0.412. The molecule has 1 aromatic carbocycles. The molecule has 0 aliphatic rings. The van der Waals surface area contributed by atoms with Gasteiger partial charge >= 0.3 is 0 Å². The maximum absolute atomic E-state index is 5.21. The lowest BCUT2D eigenvalue weighted by molar-refractivity contribution is -0.0183. The van der Waals surface area contributed by atoms with Crippen molar-refractivity contribution in [2.75, 3.05) is 6.51 Å². The molecule has 0 atom stereocenters. The minimum Gasteiger partial charge on any atom is -0.514 e. The molecule has 1 aromatic rings. The molecule has 0 heterocycles. The summed E-state index contributed by atoms with van der Waals surface area (Å²) in [6.45, 7) is 1.15. The van der Waals surface area contributed by atoms with Crippen LogP contribution in [0.2, 0.25) is 0 Å². The maximum atomic E-state index is 5.21. The molecular formula is C8H10BO. The standard InChI is InChI=1S/C8H9BO/c9-7-10-6-8-4-2-1-3-5-8/h1-5H,6-7H2/q-1/p+1. The first kappa shape index (κ1) is 7.35. The van der Waals surface area contributed by atoms with Gasteiger partial charge in [0.15, 0.2) is 6.61 Å². The third-order valence-electron chi connectivity index (χ3n) is 1.27. The van der Waals surface area contributed by atoms with E-state index in [0.29, 0.717) is 6.51 Å². The zero-order valence-corrected chi connectivity index (χ0v) is 5.83. The molecule has 51 valence electrons. The molecule has 10 heavy (non-hydrogen) atoms. The van der Waals surface area contributed by atoms with E-state index in [1.165, 1.54) is 5.56 Å². The molecule has 0 bridgehead atoms. The van der Waals surface area contributed by atoms with Gasteiger partial charge in [0.2, 0.25) is 0 Å². The van der Waals surface area contributed by atoms with Gasteiger partial charge in [-0.15, -0.1) is 0 Å². The number of ether oxygens (including phenoxy) is 1. The zero-order valence-electron chi connectivity index (χ0n) is 5.83. The Kier molecular flexibility index (Phi) is 3.03. The average Bonchev–Trinajstić information content (AvgIpc) is 2.03. The van der Waals surface area contributed by atoms with Crippen LogP contribution in [0.3, 0.4) is 0 Å². The smallest absolute Gasteiger partial charge is 0.168 e. The Morgan fingerprint density at radius 3 is 2.50 bits per heavy atom. The van der Waals surface area contributed by atoms with E-state index >= 15 is 0 Å². The number of hydrogen-bond acceptors (Lipinski definition) is 0. The van der Waals surface area contributed by atoms with Crippen molar-refractivity contribution < 1.29 is 4.74 Å². The van der Waals surface area contributed by atoms with Crippen LogP contribution in [-0.2, 0) is 6.61 Å². The SMILES string of the molecule is [B-]C[OH+]Cc1ccccc1. The Labute approximate surface area is 62.4 Å². The first-order valence-electron chi connectivity index (χ1n) is 3.30. The normalized spacial score (nSPS) is 9.70. The Bertz CT molecular complexity index is 174. The van der Waals surface area contributed by atoms with E-state index < -0.39 is 0 Å². The molecule has 2 heteroatoms. The summed E-state index contributed by atoms with van der Waals surface area (Å²) in [6.07, 6.45) is 0. The highest BCUT2D eigenvalue weighted by Gasteiger charge is 1.88. The monoisotopic (exact) mass is 133 g/mol. The summed E-state index contributed by atoms with van der Waals surface area (Å²) >= 11 is 0. The highest BCUT2D eigenvalue weighted by molar-refractivity contribution is 6.07. The summed E-state index contributed by atoms with van der Waals surface area (Å²) in [7, 11) is 5.21. The molecule has 3 radical (unpaired) electrons. The van der Waals surface area contributed by atoms with E-state index in [1.54, 1.807) is 0 Å². The molecular weight excluding hydrogens is 123 g/mol. The third kappa shape index (κ3) is 2.23. The molecule has 0 aliphatic carbocycles. The molecule has 0 fully saturated rings. The van der Waals surface area contributed by atoms with Crippen LogP contribution in [0.25, 0.3) is 0 Å². The second-order valence-corrected chi connectivity index (χ2v) is 2.05. The fraction of sp³-hybridized carbons (Fsp3) is 0.250. The van der Waals surface area contributed by atoms with E-state index in [9.17, 15) is 0 Å². The summed E-state index contributed by atoms with van der Waals surface area (Å²) < 4.78 is 4.02. The van der Waals surface area contributed by atoms with E-state index in [1.807, 2.05) is 30.3 Å². The lowest BCUT2D eigenvalue weighted by atomic mass is 10.2. The summed E-state index contributed by atoms with van der Waals surface area (Å²) in [6, 6.07) is 10.1. The topological polar surface area (TPSA) is 12.8 Å². The van der Waals surface area contributed by atoms with Gasteiger partial charge in [-0.1, -0.05) is 36.8 Å². The molecule has 1 nitrogen and oxygen atoms in total. The van der Waals surface area contributed by atoms with Crippen molar-refractivity contribution in [2.24, 2.45) is 0 Å². The van der Waals surface area contributed by atoms with Gasteiger partial charge in [0.1, 0.15) is 0 Å². The number of hydrogen-bond donors (Lipinski definition) is 0. The van der Waals surface area contributed by atoms with E-state index in [-0.39, 0.29) is 0 Å². The van der Waals surface area contributed by atoms with Gasteiger partial charge < -0.3 is 12.6 Å². The van der Waals surface area contributed by atoms with Gasteiger partial charge in [-0.3, -0.25) is 0 Å². The van der Waals surface area contributed by atoms with Gasteiger partial charge in [0, 0.05) is 5.56 Å². The summed E-state index contributed by atoms with van der Waals surface area (Å²) in [5.74, 6) is 0. The molecule has 0 saturated heterocycles. The minimum atomic E-state index is 0.412. The van der Waals surface area contributed by atoms with Crippen LogP contribution in [0.5, 0.6) is 0 Å². The average molecular weight is 133 g/mol. The third-order valence-corrected chi connectivity index (χ3v) is 1.27. The zero-order chi connectivity index (χ0) is 7.23. The predicted octanol–water partition coefficient (Wildman–Crippen LogP) is 0.841. The van der Waals surface area contributed by atoms with Gasteiger partial charge in [-0.2, -0.15) is 0 Å². The van der Waals surface area contributed by atoms with Crippen molar-refractivity contribution in [1.29, 1.82) is 0 Å². The summed E-state index contributed by atoms with van der Waals surface area (Å²) in [5, 5.41) is 0. The van der Waals surface area contributed by atoms with Crippen molar-refractivity contribution in [2.45, 2.75) is 6.61 Å². The Morgan fingerprint density at radius 1 is 1.20 bits per heavy atom. The van der Waals surface area contributed by atoms with Gasteiger partial charge in [-0.25, -0.2) is 0 Å². The van der Waals surface area contributed by atoms with Crippen LogP contribution in [0.15, 0.2) is 30.3 Å². The summed E-state index contributed by atoms with van der Waals surface area (Å²) in [5.41, 5.74) is 1.22. The quantitative estimate of drug-likeness (QED) is 0.428. The predicted molar refractivity (Wildman–Crippen MR) is 43.0 cm³/mol. The van der Waals surface area contributed by atoms with E-state index in [2.05, 4.69) is 4.74 Å². The Hall–Kier alpha value is -0.755. The van der Waals surface area contributed by atoms with Crippen molar-refractivity contribution in [3.8, 4) is 0 Å². The van der Waals surface area contributed by atoms with Gasteiger partial charge in [0.05, 0.1) is 0 Å². The highest BCUT2D eigenvalue weighted by atomic mass is 16.5. The fourth-order valence-corrected chi connectivity index (χ4v) is 0.777. The second kappa shape index (κ2) is 4.12. The highest BCUT2D eigenvalue weighted by Crippen LogP contribution is 1.97. The van der Waals surface area contributed by atoms with Crippen molar-refractivity contribution >= 4 is 7.85 Å². The maximum Gasteiger partial charge on any atom is 0.168 e. The Morgan fingerprint density at radius 2 is 1.90 bits per heavy atom. The van der Waals surface area contributed by atoms with Crippen LogP contribution < -0.4 is 0 Å². The summed E-state index contributed by atoms with van der Waals surface area (Å²) in [4.78, 5) is 0.